The Balaban J connectivity index is 2.09. The fourth-order valence-corrected chi connectivity index (χ4v) is 2.72. The number of aromatic carboxylic acids is 1. The van der Waals surface area contributed by atoms with Gasteiger partial charge in [-0.3, -0.25) is 0 Å². The fourth-order valence-electron chi connectivity index (χ4n) is 2.72. The molecule has 2 aromatic carbocycles. The van der Waals surface area contributed by atoms with Crippen LogP contribution in [-0.2, 0) is 12.6 Å². The molecule has 2 aromatic rings. The molecule has 0 aromatic heterocycles. The van der Waals surface area contributed by atoms with Crippen molar-refractivity contribution in [3.63, 3.8) is 0 Å². The summed E-state index contributed by atoms with van der Waals surface area (Å²) in [6.07, 6.45) is -5.28. The molecule has 0 radical (unpaired) electrons. The standard InChI is InChI=1S/C19H20F3NO3/c1-11(9-12-5-7-13(8-6-12)18(25)26)16(23)17(24)14-3-2-4-15(10-14)19(20,21)22/h2-8,10-11,16-17,24H,9,23H2,1H3,(H,25,26). The Morgan fingerprint density at radius 1 is 1.15 bits per heavy atom. The van der Waals surface area contributed by atoms with Crippen LogP contribution in [0.15, 0.2) is 48.5 Å². The van der Waals surface area contributed by atoms with Crippen LogP contribution >= 0.6 is 0 Å². The van der Waals surface area contributed by atoms with E-state index in [1.54, 1.807) is 19.1 Å². The Kier molecular flexibility index (Phi) is 6.05. The monoisotopic (exact) mass is 367 g/mol. The zero-order chi connectivity index (χ0) is 19.5. The molecule has 0 saturated carbocycles. The lowest BCUT2D eigenvalue weighted by molar-refractivity contribution is -0.137. The molecule has 0 bridgehead atoms. The lowest BCUT2D eigenvalue weighted by atomic mass is 9.88. The van der Waals surface area contributed by atoms with Crippen LogP contribution in [0, 0.1) is 5.92 Å². The Morgan fingerprint density at radius 2 is 1.77 bits per heavy atom. The molecule has 0 aliphatic carbocycles. The molecule has 3 unspecified atom stereocenters. The summed E-state index contributed by atoms with van der Waals surface area (Å²) in [5.41, 5.74) is 6.32. The number of carboxylic acid groups (broad SMARTS) is 1. The van der Waals surface area contributed by atoms with Gasteiger partial charge < -0.3 is 15.9 Å². The number of aliphatic hydroxyl groups is 1. The van der Waals surface area contributed by atoms with Gasteiger partial charge in [-0.2, -0.15) is 13.2 Å². The first-order valence-electron chi connectivity index (χ1n) is 8.02. The van der Waals surface area contributed by atoms with Crippen molar-refractivity contribution in [2.75, 3.05) is 0 Å². The van der Waals surface area contributed by atoms with Gasteiger partial charge in [0.2, 0.25) is 0 Å². The van der Waals surface area contributed by atoms with Crippen molar-refractivity contribution in [1.82, 2.24) is 0 Å². The van der Waals surface area contributed by atoms with Gasteiger partial charge >= 0.3 is 12.1 Å². The number of rotatable bonds is 6. The second kappa shape index (κ2) is 7.88. The molecule has 0 fully saturated rings. The second-order valence-corrected chi connectivity index (χ2v) is 6.33. The molecule has 140 valence electrons. The van der Waals surface area contributed by atoms with Crippen LogP contribution in [-0.4, -0.2) is 22.2 Å². The molecule has 4 N–H and O–H groups in total. The summed E-state index contributed by atoms with van der Waals surface area (Å²) in [6, 6.07) is 9.97. The van der Waals surface area contributed by atoms with E-state index < -0.39 is 29.9 Å². The number of alkyl halides is 3. The molecule has 3 atom stereocenters. The highest BCUT2D eigenvalue weighted by molar-refractivity contribution is 5.87. The zero-order valence-corrected chi connectivity index (χ0v) is 14.1. The number of carbonyl (C=O) groups is 1. The summed E-state index contributed by atoms with van der Waals surface area (Å²) in [4.78, 5) is 10.9. The SMILES string of the molecule is CC(Cc1ccc(C(=O)O)cc1)C(N)C(O)c1cccc(C(F)(F)F)c1. The van der Waals surface area contributed by atoms with Crippen LogP contribution in [0.25, 0.3) is 0 Å². The second-order valence-electron chi connectivity index (χ2n) is 6.33. The molecular formula is C19H20F3NO3. The number of halogens is 3. The van der Waals surface area contributed by atoms with Crippen molar-refractivity contribution in [3.05, 3.63) is 70.8 Å². The molecule has 26 heavy (non-hydrogen) atoms. The van der Waals surface area contributed by atoms with Gasteiger partial charge in [0.1, 0.15) is 0 Å². The molecule has 0 saturated heterocycles. The van der Waals surface area contributed by atoms with Gasteiger partial charge in [-0.15, -0.1) is 0 Å². The molecule has 0 heterocycles. The largest absolute Gasteiger partial charge is 0.478 e. The molecule has 2 rings (SSSR count). The lowest BCUT2D eigenvalue weighted by Gasteiger charge is -2.26. The maximum Gasteiger partial charge on any atom is 0.416 e. The Labute approximate surface area is 149 Å². The zero-order valence-electron chi connectivity index (χ0n) is 14.1. The molecule has 0 spiro atoms. The Hall–Kier alpha value is -2.38. The van der Waals surface area contributed by atoms with E-state index in [1.165, 1.54) is 24.3 Å². The first-order chi connectivity index (χ1) is 12.1. The Morgan fingerprint density at radius 3 is 2.31 bits per heavy atom. The van der Waals surface area contributed by atoms with Gasteiger partial charge in [0.05, 0.1) is 17.2 Å². The molecular weight excluding hydrogens is 347 g/mol. The predicted molar refractivity (Wildman–Crippen MR) is 90.6 cm³/mol. The van der Waals surface area contributed by atoms with E-state index in [-0.39, 0.29) is 17.0 Å². The molecule has 0 aliphatic heterocycles. The quantitative estimate of drug-likeness (QED) is 0.728. The topological polar surface area (TPSA) is 83.5 Å². The minimum Gasteiger partial charge on any atom is -0.478 e. The van der Waals surface area contributed by atoms with E-state index >= 15 is 0 Å². The molecule has 0 amide bonds. The van der Waals surface area contributed by atoms with Crippen LogP contribution in [0.2, 0.25) is 0 Å². The molecule has 4 nitrogen and oxygen atoms in total. The number of aliphatic hydroxyl groups excluding tert-OH is 1. The summed E-state index contributed by atoms with van der Waals surface area (Å²) in [5, 5.41) is 19.3. The third kappa shape index (κ3) is 4.83. The van der Waals surface area contributed by atoms with Crippen molar-refractivity contribution in [2.24, 2.45) is 11.7 Å². The average molecular weight is 367 g/mol. The minimum atomic E-state index is -4.49. The summed E-state index contributed by atoms with van der Waals surface area (Å²) >= 11 is 0. The first-order valence-corrected chi connectivity index (χ1v) is 8.02. The summed E-state index contributed by atoms with van der Waals surface area (Å²) < 4.78 is 38.4. The van der Waals surface area contributed by atoms with Gasteiger partial charge in [0, 0.05) is 6.04 Å². The van der Waals surface area contributed by atoms with Gasteiger partial charge in [-0.05, 0) is 47.7 Å². The first kappa shape index (κ1) is 19.9. The minimum absolute atomic E-state index is 0.111. The van der Waals surface area contributed by atoms with Gasteiger partial charge in [0.15, 0.2) is 0 Å². The van der Waals surface area contributed by atoms with Crippen molar-refractivity contribution in [1.29, 1.82) is 0 Å². The van der Waals surface area contributed by atoms with Crippen LogP contribution < -0.4 is 5.73 Å². The number of hydrogen-bond acceptors (Lipinski definition) is 3. The van der Waals surface area contributed by atoms with Crippen LogP contribution in [0.4, 0.5) is 13.2 Å². The average Bonchev–Trinajstić information content (AvgIpc) is 2.60. The normalized spacial score (nSPS) is 15.3. The smallest absolute Gasteiger partial charge is 0.416 e. The number of benzene rings is 2. The van der Waals surface area contributed by atoms with Gasteiger partial charge in [-0.1, -0.05) is 31.2 Å². The highest BCUT2D eigenvalue weighted by atomic mass is 19.4. The predicted octanol–water partition coefficient (Wildman–Crippen LogP) is 3.64. The van der Waals surface area contributed by atoms with Crippen LogP contribution in [0.3, 0.4) is 0 Å². The summed E-state index contributed by atoms with van der Waals surface area (Å²) in [7, 11) is 0. The van der Waals surface area contributed by atoms with E-state index in [4.69, 9.17) is 10.8 Å². The lowest BCUT2D eigenvalue weighted by Crippen LogP contribution is -2.36. The number of nitrogens with two attached hydrogens (primary N) is 1. The maximum absolute atomic E-state index is 12.8. The van der Waals surface area contributed by atoms with Crippen LogP contribution in [0.5, 0.6) is 0 Å². The third-order valence-electron chi connectivity index (χ3n) is 4.34. The van der Waals surface area contributed by atoms with E-state index in [2.05, 4.69) is 0 Å². The van der Waals surface area contributed by atoms with Gasteiger partial charge in [-0.25, -0.2) is 4.79 Å². The van der Waals surface area contributed by atoms with Crippen molar-refractivity contribution in [2.45, 2.75) is 31.7 Å². The van der Waals surface area contributed by atoms with E-state index in [0.29, 0.717) is 6.42 Å². The van der Waals surface area contributed by atoms with Crippen molar-refractivity contribution in [3.8, 4) is 0 Å². The van der Waals surface area contributed by atoms with Crippen molar-refractivity contribution < 1.29 is 28.2 Å². The third-order valence-corrected chi connectivity index (χ3v) is 4.34. The maximum atomic E-state index is 12.8. The molecule has 7 heteroatoms. The highest BCUT2D eigenvalue weighted by Gasteiger charge is 2.32. The van der Waals surface area contributed by atoms with Crippen LogP contribution in [0.1, 0.15) is 40.1 Å². The van der Waals surface area contributed by atoms with Gasteiger partial charge in [0.25, 0.3) is 0 Å². The summed E-state index contributed by atoms with van der Waals surface area (Å²) in [6.45, 7) is 1.78. The number of hydrogen-bond donors (Lipinski definition) is 3. The molecule has 0 aliphatic rings. The fraction of sp³-hybridized carbons (Fsp3) is 0.316. The Bertz CT molecular complexity index is 759. The van der Waals surface area contributed by atoms with Crippen molar-refractivity contribution >= 4 is 5.97 Å². The highest BCUT2D eigenvalue weighted by Crippen LogP contribution is 2.32. The van der Waals surface area contributed by atoms with E-state index in [9.17, 15) is 23.1 Å². The van der Waals surface area contributed by atoms with E-state index in [0.717, 1.165) is 17.7 Å². The summed E-state index contributed by atoms with van der Waals surface area (Å²) in [5.74, 6) is -1.27. The number of carboxylic acids is 1. The van der Waals surface area contributed by atoms with E-state index in [1.807, 2.05) is 0 Å².